The van der Waals surface area contributed by atoms with Crippen molar-refractivity contribution in [3.63, 3.8) is 0 Å². The minimum atomic E-state index is -0.498. The van der Waals surface area contributed by atoms with Gasteiger partial charge in [-0.1, -0.05) is 18.2 Å². The van der Waals surface area contributed by atoms with Crippen molar-refractivity contribution in [3.05, 3.63) is 47.0 Å². The summed E-state index contributed by atoms with van der Waals surface area (Å²) in [4.78, 5) is 21.6. The second kappa shape index (κ2) is 9.98. The molecule has 4 aliphatic carbocycles. The Kier molecular flexibility index (Phi) is 6.62. The fraction of sp³-hybridized carbons (Fsp3) is 0.533. The molecule has 5 atom stereocenters. The number of hydrogen-bond donors (Lipinski definition) is 3. The van der Waals surface area contributed by atoms with Gasteiger partial charge in [0.1, 0.15) is 23.1 Å². The molecule has 1 unspecified atom stereocenters. The van der Waals surface area contributed by atoms with Crippen LogP contribution in [0.3, 0.4) is 0 Å². The molecule has 39 heavy (non-hydrogen) atoms. The Morgan fingerprint density at radius 2 is 1.95 bits per heavy atom. The Balaban J connectivity index is 1.12. The lowest BCUT2D eigenvalue weighted by Crippen LogP contribution is -2.60. The first-order valence-corrected chi connectivity index (χ1v) is 14.8. The summed E-state index contributed by atoms with van der Waals surface area (Å²) in [6, 6.07) is 10.8. The van der Waals surface area contributed by atoms with Crippen molar-refractivity contribution in [2.24, 2.45) is 23.2 Å². The average molecular weight is 545 g/mol. The minimum absolute atomic E-state index is 0.156. The molecule has 204 valence electrons. The number of thiophene rings is 1. The van der Waals surface area contributed by atoms with E-state index in [1.165, 1.54) is 34.9 Å². The predicted octanol–water partition coefficient (Wildman–Crippen LogP) is 6.31. The van der Waals surface area contributed by atoms with Crippen LogP contribution in [0, 0.1) is 34.5 Å². The summed E-state index contributed by atoms with van der Waals surface area (Å²) >= 11 is 1.73. The monoisotopic (exact) mass is 544 g/mol. The fourth-order valence-corrected chi connectivity index (χ4v) is 8.35. The third-order valence-electron chi connectivity index (χ3n) is 8.62. The van der Waals surface area contributed by atoms with Crippen LogP contribution in [0.1, 0.15) is 64.0 Å². The van der Waals surface area contributed by atoms with Gasteiger partial charge in [0.2, 0.25) is 5.95 Å². The number of rotatable bonds is 7. The lowest BCUT2D eigenvalue weighted by Gasteiger charge is -2.60. The molecule has 0 spiro atoms. The molecule has 3 N–H and O–H groups in total. The van der Waals surface area contributed by atoms with Crippen molar-refractivity contribution in [2.75, 3.05) is 17.2 Å². The van der Waals surface area contributed by atoms with E-state index in [1.54, 1.807) is 17.5 Å². The lowest BCUT2D eigenvalue weighted by molar-refractivity contribution is -0.0703. The van der Waals surface area contributed by atoms with E-state index in [4.69, 9.17) is 9.72 Å². The average Bonchev–Trinajstić information content (AvgIpc) is 3.30. The molecule has 9 heteroatoms. The van der Waals surface area contributed by atoms with Crippen molar-refractivity contribution in [1.29, 1.82) is 5.26 Å². The van der Waals surface area contributed by atoms with Crippen molar-refractivity contribution < 1.29 is 9.53 Å². The molecule has 4 fully saturated rings. The van der Waals surface area contributed by atoms with Crippen LogP contribution in [0.15, 0.2) is 35.8 Å². The highest BCUT2D eigenvalue weighted by molar-refractivity contribution is 7.17. The van der Waals surface area contributed by atoms with E-state index < -0.39 is 5.60 Å². The van der Waals surface area contributed by atoms with Gasteiger partial charge in [-0.2, -0.15) is 10.2 Å². The van der Waals surface area contributed by atoms with Crippen LogP contribution >= 0.6 is 11.3 Å². The molecule has 1 amide bonds. The van der Waals surface area contributed by atoms with Gasteiger partial charge in [-0.25, -0.2) is 9.78 Å². The number of ether oxygens (including phenoxy) is 1. The molecular formula is C30H36N6O2S. The Morgan fingerprint density at radius 1 is 1.18 bits per heavy atom. The number of amides is 1. The molecule has 2 heterocycles. The third kappa shape index (κ3) is 5.40. The number of aromatic nitrogens is 2. The van der Waals surface area contributed by atoms with Gasteiger partial charge in [-0.15, -0.1) is 11.3 Å². The van der Waals surface area contributed by atoms with Crippen LogP contribution in [0.4, 0.5) is 16.6 Å². The maximum absolute atomic E-state index is 12.5. The lowest BCUT2D eigenvalue weighted by atomic mass is 9.48. The van der Waals surface area contributed by atoms with Crippen molar-refractivity contribution in [1.82, 2.24) is 15.3 Å². The summed E-state index contributed by atoms with van der Waals surface area (Å²) in [6.07, 6.45) is 6.96. The van der Waals surface area contributed by atoms with Crippen molar-refractivity contribution in [3.8, 4) is 6.07 Å². The largest absolute Gasteiger partial charge is 0.444 e. The highest BCUT2D eigenvalue weighted by Crippen LogP contribution is 2.60. The highest BCUT2D eigenvalue weighted by Gasteiger charge is 2.55. The van der Waals surface area contributed by atoms with Gasteiger partial charge in [0.05, 0.1) is 6.20 Å². The Hall–Kier alpha value is -3.38. The van der Waals surface area contributed by atoms with Crippen molar-refractivity contribution >= 4 is 39.3 Å². The first-order chi connectivity index (χ1) is 18.7. The van der Waals surface area contributed by atoms with Gasteiger partial charge in [-0.3, -0.25) is 0 Å². The summed E-state index contributed by atoms with van der Waals surface area (Å²) < 4.78 is 6.82. The zero-order valence-corrected chi connectivity index (χ0v) is 23.6. The Bertz CT molecular complexity index is 1410. The van der Waals surface area contributed by atoms with Crippen LogP contribution < -0.4 is 16.0 Å². The van der Waals surface area contributed by atoms with Crippen LogP contribution in [0.5, 0.6) is 0 Å². The second-order valence-corrected chi connectivity index (χ2v) is 13.6. The second-order valence-electron chi connectivity index (χ2n) is 12.7. The van der Waals surface area contributed by atoms with Gasteiger partial charge in [-0.05, 0) is 98.4 Å². The van der Waals surface area contributed by atoms with Crippen LogP contribution in [-0.2, 0) is 11.3 Å². The highest BCUT2D eigenvalue weighted by atomic mass is 32.1. The molecule has 4 saturated carbocycles. The maximum Gasteiger partial charge on any atom is 0.407 e. The van der Waals surface area contributed by atoms with E-state index in [-0.39, 0.29) is 17.6 Å². The number of nitriles is 1. The molecule has 4 bridgehead atoms. The molecular weight excluding hydrogens is 508 g/mol. The van der Waals surface area contributed by atoms with Gasteiger partial charge < -0.3 is 20.7 Å². The topological polar surface area (TPSA) is 112 Å². The summed E-state index contributed by atoms with van der Waals surface area (Å²) in [7, 11) is 0. The smallest absolute Gasteiger partial charge is 0.407 e. The summed E-state index contributed by atoms with van der Waals surface area (Å²) in [5.41, 5.74) is 1.32. The predicted molar refractivity (Wildman–Crippen MR) is 154 cm³/mol. The van der Waals surface area contributed by atoms with E-state index in [9.17, 15) is 10.1 Å². The number of carbonyl (C=O) groups is 1. The number of alkyl carbamates (subject to hydrolysis) is 1. The SMILES string of the molecule is CC(C)(C)OC(=O)N[C@@H]1[C@@H]2CC3C[C@H]1C[C@@](CNc1nc(NCc4csc5ccccc45)ncc1C#N)(C3)C2. The third-order valence-corrected chi connectivity index (χ3v) is 9.63. The van der Waals surface area contributed by atoms with Crippen molar-refractivity contribution in [2.45, 2.75) is 71.1 Å². The van der Waals surface area contributed by atoms with Gasteiger partial charge in [0.25, 0.3) is 0 Å². The first kappa shape index (κ1) is 25.9. The van der Waals surface area contributed by atoms with Crippen LogP contribution in [0.2, 0.25) is 0 Å². The zero-order chi connectivity index (χ0) is 27.2. The molecule has 7 rings (SSSR count). The molecule has 0 aliphatic heterocycles. The quantitative estimate of drug-likeness (QED) is 0.320. The normalized spacial score (nSPS) is 27.2. The number of carbonyl (C=O) groups excluding carboxylic acids is 1. The van der Waals surface area contributed by atoms with Crippen LogP contribution in [-0.4, -0.2) is 34.2 Å². The number of nitrogens with zero attached hydrogens (tertiary/aromatic N) is 3. The molecule has 1 aromatic carbocycles. The van der Waals surface area contributed by atoms with E-state index in [1.807, 2.05) is 20.8 Å². The van der Waals surface area contributed by atoms with Crippen LogP contribution in [0.25, 0.3) is 10.1 Å². The van der Waals surface area contributed by atoms with E-state index >= 15 is 0 Å². The number of anilines is 2. The minimum Gasteiger partial charge on any atom is -0.444 e. The molecule has 4 aliphatic rings. The Morgan fingerprint density at radius 3 is 2.69 bits per heavy atom. The standard InChI is InChI=1S/C30H36N6O2S/c1-29(2,3)38-28(37)35-25-19-8-18-9-20(25)12-30(10-18,11-19)17-34-26-21(13-31)14-32-27(36-26)33-15-22-16-39-24-7-5-4-6-23(22)24/h4-7,14,16,18-20,25H,8-12,15,17H2,1-3H3,(H,35,37)(H2,32,33,34,36)/t18?,19-,20+,25-,30-. The molecule has 3 aromatic rings. The molecule has 8 nitrogen and oxygen atoms in total. The Labute approximate surface area is 233 Å². The molecule has 2 aromatic heterocycles. The van der Waals surface area contributed by atoms with Gasteiger partial charge in [0.15, 0.2) is 0 Å². The summed E-state index contributed by atoms with van der Waals surface area (Å²) in [5, 5.41) is 23.2. The number of hydrogen-bond acceptors (Lipinski definition) is 8. The zero-order valence-electron chi connectivity index (χ0n) is 22.8. The summed E-state index contributed by atoms with van der Waals surface area (Å²) in [6.45, 7) is 7.10. The van der Waals surface area contributed by atoms with E-state index in [2.05, 4.69) is 56.6 Å². The van der Waals surface area contributed by atoms with Gasteiger partial charge in [0, 0.05) is 23.8 Å². The van der Waals surface area contributed by atoms with E-state index in [0.717, 1.165) is 19.4 Å². The fourth-order valence-electron chi connectivity index (χ4n) is 7.39. The molecule has 0 saturated heterocycles. The number of benzene rings is 1. The first-order valence-electron chi connectivity index (χ1n) is 13.9. The maximum atomic E-state index is 12.5. The van der Waals surface area contributed by atoms with E-state index in [0.29, 0.717) is 41.6 Å². The number of fused-ring (bicyclic) bond motifs is 1. The number of nitrogens with one attached hydrogen (secondary N) is 3. The molecule has 0 radical (unpaired) electrons. The van der Waals surface area contributed by atoms with Gasteiger partial charge >= 0.3 is 6.09 Å². The summed E-state index contributed by atoms with van der Waals surface area (Å²) in [5.74, 6) is 2.72.